The van der Waals surface area contributed by atoms with Crippen molar-refractivity contribution in [3.05, 3.63) is 28.2 Å². The normalized spacial score (nSPS) is 11.4. The second-order valence-electron chi connectivity index (χ2n) is 4.07. The van der Waals surface area contributed by atoms with Crippen molar-refractivity contribution in [1.29, 1.82) is 0 Å². The van der Waals surface area contributed by atoms with E-state index in [-0.39, 0.29) is 12.2 Å². The predicted octanol–water partition coefficient (Wildman–Crippen LogP) is 2.22. The molecule has 0 aromatic heterocycles. The number of halogens is 1. The highest BCUT2D eigenvalue weighted by atomic mass is 79.9. The molecule has 8 heteroatoms. The molecule has 114 valence electrons. The van der Waals surface area contributed by atoms with Gasteiger partial charge in [-0.05, 0) is 48.0 Å². The summed E-state index contributed by atoms with van der Waals surface area (Å²) in [5.41, 5.74) is 0.315. The number of anilines is 1. The number of rotatable bonds is 5. The van der Waals surface area contributed by atoms with Crippen LogP contribution >= 0.6 is 15.9 Å². The Labute approximate surface area is 129 Å². The molecule has 0 saturated heterocycles. The summed E-state index contributed by atoms with van der Waals surface area (Å²) in [6, 6.07) is 2.91. The van der Waals surface area contributed by atoms with E-state index in [0.29, 0.717) is 10.2 Å². The summed E-state index contributed by atoms with van der Waals surface area (Å²) < 4.78 is 5.16. The van der Waals surface area contributed by atoms with Gasteiger partial charge < -0.3 is 20.5 Å². The first kappa shape index (κ1) is 17.0. The summed E-state index contributed by atoms with van der Waals surface area (Å²) in [6.07, 6.45) is 0. The van der Waals surface area contributed by atoms with E-state index in [1.807, 2.05) is 0 Å². The van der Waals surface area contributed by atoms with E-state index in [1.54, 1.807) is 6.92 Å². The van der Waals surface area contributed by atoms with Gasteiger partial charge in [-0.3, -0.25) is 0 Å². The van der Waals surface area contributed by atoms with Gasteiger partial charge in [0, 0.05) is 10.2 Å². The topological polar surface area (TPSA) is 105 Å². The van der Waals surface area contributed by atoms with E-state index in [0.717, 1.165) is 0 Å². The minimum Gasteiger partial charge on any atom is -0.478 e. The molecule has 1 aromatic rings. The number of carboxylic acid groups (broad SMARTS) is 1. The standard InChI is InChI=1S/C13H15BrN2O5/c1-3-21-12(19)7(2)15-13(20)16-8-4-5-10(14)9(6-8)11(17)18/h4-7H,3H2,1-2H3,(H,17,18)(H2,15,16,20). The maximum absolute atomic E-state index is 11.7. The van der Waals surface area contributed by atoms with E-state index in [1.165, 1.54) is 25.1 Å². The average molecular weight is 359 g/mol. The lowest BCUT2D eigenvalue weighted by molar-refractivity contribution is -0.144. The van der Waals surface area contributed by atoms with Gasteiger partial charge in [-0.2, -0.15) is 0 Å². The number of carboxylic acids is 1. The SMILES string of the molecule is CCOC(=O)C(C)NC(=O)Nc1ccc(Br)c(C(=O)O)c1. The zero-order chi connectivity index (χ0) is 16.0. The molecule has 21 heavy (non-hydrogen) atoms. The Kier molecular flexibility index (Phi) is 6.16. The van der Waals surface area contributed by atoms with Crippen LogP contribution in [0.3, 0.4) is 0 Å². The van der Waals surface area contributed by atoms with E-state index in [2.05, 4.69) is 26.6 Å². The van der Waals surface area contributed by atoms with E-state index >= 15 is 0 Å². The summed E-state index contributed by atoms with van der Waals surface area (Å²) in [6.45, 7) is 3.38. The zero-order valence-corrected chi connectivity index (χ0v) is 13.1. The van der Waals surface area contributed by atoms with Gasteiger partial charge in [0.1, 0.15) is 6.04 Å². The van der Waals surface area contributed by atoms with E-state index in [9.17, 15) is 14.4 Å². The number of urea groups is 1. The minimum absolute atomic E-state index is 0.0197. The Balaban J connectivity index is 2.69. The minimum atomic E-state index is -1.12. The molecule has 0 aliphatic rings. The molecule has 7 nitrogen and oxygen atoms in total. The van der Waals surface area contributed by atoms with Crippen molar-refractivity contribution >= 4 is 39.6 Å². The molecule has 0 spiro atoms. The predicted molar refractivity (Wildman–Crippen MR) is 79.4 cm³/mol. The Morgan fingerprint density at radius 3 is 2.62 bits per heavy atom. The van der Waals surface area contributed by atoms with Crippen molar-refractivity contribution in [2.75, 3.05) is 11.9 Å². The number of carbonyl (C=O) groups excluding carboxylic acids is 2. The number of ether oxygens (including phenoxy) is 1. The van der Waals surface area contributed by atoms with Crippen LogP contribution in [0.4, 0.5) is 10.5 Å². The van der Waals surface area contributed by atoms with Gasteiger partial charge in [0.2, 0.25) is 0 Å². The van der Waals surface area contributed by atoms with Crippen LogP contribution in [0.25, 0.3) is 0 Å². The van der Waals surface area contributed by atoms with Gasteiger partial charge in [0.05, 0.1) is 12.2 Å². The van der Waals surface area contributed by atoms with Crippen LogP contribution in [0, 0.1) is 0 Å². The van der Waals surface area contributed by atoms with Crippen molar-refractivity contribution in [3.8, 4) is 0 Å². The van der Waals surface area contributed by atoms with Crippen LogP contribution in [0.2, 0.25) is 0 Å². The van der Waals surface area contributed by atoms with Crippen molar-refractivity contribution in [3.63, 3.8) is 0 Å². The van der Waals surface area contributed by atoms with E-state index in [4.69, 9.17) is 9.84 Å². The Morgan fingerprint density at radius 1 is 1.38 bits per heavy atom. The number of amides is 2. The highest BCUT2D eigenvalue weighted by Crippen LogP contribution is 2.21. The summed E-state index contributed by atoms with van der Waals surface area (Å²) in [7, 11) is 0. The fourth-order valence-electron chi connectivity index (χ4n) is 1.46. The largest absolute Gasteiger partial charge is 0.478 e. The first-order chi connectivity index (χ1) is 9.85. The van der Waals surface area contributed by atoms with Crippen LogP contribution in [0.5, 0.6) is 0 Å². The highest BCUT2D eigenvalue weighted by Gasteiger charge is 2.17. The average Bonchev–Trinajstić information content (AvgIpc) is 2.40. The molecule has 0 aliphatic carbocycles. The second kappa shape index (κ2) is 7.63. The fourth-order valence-corrected chi connectivity index (χ4v) is 1.87. The van der Waals surface area contributed by atoms with Crippen LogP contribution in [-0.4, -0.2) is 35.7 Å². The van der Waals surface area contributed by atoms with Crippen LogP contribution in [0.1, 0.15) is 24.2 Å². The number of benzene rings is 1. The molecule has 2 amide bonds. The third kappa shape index (κ3) is 5.07. The van der Waals surface area contributed by atoms with Gasteiger partial charge >= 0.3 is 18.0 Å². The number of hydrogen-bond acceptors (Lipinski definition) is 4. The second-order valence-corrected chi connectivity index (χ2v) is 4.93. The van der Waals surface area contributed by atoms with Crippen LogP contribution in [-0.2, 0) is 9.53 Å². The third-order valence-electron chi connectivity index (χ3n) is 2.44. The Hall–Kier alpha value is -2.09. The highest BCUT2D eigenvalue weighted by molar-refractivity contribution is 9.10. The molecule has 0 saturated carbocycles. The summed E-state index contributed by atoms with van der Waals surface area (Å²) in [5, 5.41) is 13.8. The molecule has 0 fully saturated rings. The van der Waals surface area contributed by atoms with Crippen LogP contribution in [0.15, 0.2) is 22.7 Å². The molecule has 0 bridgehead atoms. The summed E-state index contributed by atoms with van der Waals surface area (Å²) in [4.78, 5) is 34.1. The number of hydrogen-bond donors (Lipinski definition) is 3. The maximum Gasteiger partial charge on any atom is 0.336 e. The van der Waals surface area contributed by atoms with Crippen molar-refractivity contribution in [2.45, 2.75) is 19.9 Å². The van der Waals surface area contributed by atoms with Gasteiger partial charge in [0.15, 0.2) is 0 Å². The Bertz CT molecular complexity index is 561. The number of carbonyl (C=O) groups is 3. The molecule has 3 N–H and O–H groups in total. The van der Waals surface area contributed by atoms with Gasteiger partial charge in [-0.15, -0.1) is 0 Å². The first-order valence-electron chi connectivity index (χ1n) is 6.12. The van der Waals surface area contributed by atoms with Crippen molar-refractivity contribution in [2.24, 2.45) is 0 Å². The smallest absolute Gasteiger partial charge is 0.336 e. The maximum atomic E-state index is 11.7. The zero-order valence-electron chi connectivity index (χ0n) is 11.5. The van der Waals surface area contributed by atoms with Gasteiger partial charge in [0.25, 0.3) is 0 Å². The van der Waals surface area contributed by atoms with Gasteiger partial charge in [-0.25, -0.2) is 14.4 Å². The molecular weight excluding hydrogens is 344 g/mol. The molecule has 1 unspecified atom stereocenters. The molecule has 0 heterocycles. The monoisotopic (exact) mass is 358 g/mol. The van der Waals surface area contributed by atoms with Crippen molar-refractivity contribution < 1.29 is 24.2 Å². The molecule has 1 aromatic carbocycles. The lowest BCUT2D eigenvalue weighted by Crippen LogP contribution is -2.41. The van der Waals surface area contributed by atoms with E-state index < -0.39 is 24.0 Å². The number of esters is 1. The summed E-state index contributed by atoms with van der Waals surface area (Å²) in [5.74, 6) is -1.67. The fraction of sp³-hybridized carbons (Fsp3) is 0.308. The third-order valence-corrected chi connectivity index (χ3v) is 3.13. The first-order valence-corrected chi connectivity index (χ1v) is 6.91. The molecule has 0 aliphatic heterocycles. The molecule has 1 rings (SSSR count). The number of nitrogens with one attached hydrogen (secondary N) is 2. The summed E-state index contributed by atoms with van der Waals surface area (Å²) >= 11 is 3.10. The molecular formula is C13H15BrN2O5. The van der Waals surface area contributed by atoms with Gasteiger partial charge in [-0.1, -0.05) is 0 Å². The van der Waals surface area contributed by atoms with Crippen molar-refractivity contribution in [1.82, 2.24) is 5.32 Å². The molecule has 0 radical (unpaired) electrons. The lowest BCUT2D eigenvalue weighted by atomic mass is 10.2. The Morgan fingerprint density at radius 2 is 2.05 bits per heavy atom. The number of aromatic carboxylic acids is 1. The molecule has 1 atom stereocenters. The van der Waals surface area contributed by atoms with Crippen LogP contribution < -0.4 is 10.6 Å². The quantitative estimate of drug-likeness (QED) is 0.700. The lowest BCUT2D eigenvalue weighted by Gasteiger charge is -2.13.